The molecular formula is C13H18N2O. The standard InChI is InChI=1S/C13H18N2O/c1-10(8-15-3)9-16-13-6-12(7-14)5-4-11(13)2/h4-6,10,15H,8-9H2,1-3H3. The number of nitriles is 1. The lowest BCUT2D eigenvalue weighted by molar-refractivity contribution is 0.256. The van der Waals surface area contributed by atoms with Gasteiger partial charge in [0, 0.05) is 12.5 Å². The average Bonchev–Trinajstić information content (AvgIpc) is 2.28. The summed E-state index contributed by atoms with van der Waals surface area (Å²) >= 11 is 0. The van der Waals surface area contributed by atoms with Gasteiger partial charge in [-0.3, -0.25) is 0 Å². The Morgan fingerprint density at radius 3 is 2.88 bits per heavy atom. The lowest BCUT2D eigenvalue weighted by Crippen LogP contribution is -2.21. The van der Waals surface area contributed by atoms with Gasteiger partial charge >= 0.3 is 0 Å². The maximum atomic E-state index is 8.80. The summed E-state index contributed by atoms with van der Waals surface area (Å²) in [5.41, 5.74) is 1.71. The molecule has 3 heteroatoms. The summed E-state index contributed by atoms with van der Waals surface area (Å²) in [6.45, 7) is 5.70. The highest BCUT2D eigenvalue weighted by atomic mass is 16.5. The fraction of sp³-hybridized carbons (Fsp3) is 0.462. The van der Waals surface area contributed by atoms with Gasteiger partial charge in [0.15, 0.2) is 0 Å². The molecule has 86 valence electrons. The highest BCUT2D eigenvalue weighted by Gasteiger charge is 2.05. The van der Waals surface area contributed by atoms with E-state index in [2.05, 4.69) is 18.3 Å². The maximum Gasteiger partial charge on any atom is 0.123 e. The van der Waals surface area contributed by atoms with E-state index in [1.807, 2.05) is 20.0 Å². The van der Waals surface area contributed by atoms with Crippen LogP contribution >= 0.6 is 0 Å². The van der Waals surface area contributed by atoms with Crippen LogP contribution in [0.1, 0.15) is 18.1 Å². The first-order valence-electron chi connectivity index (χ1n) is 5.45. The first kappa shape index (κ1) is 12.5. The molecule has 1 rings (SSSR count). The Bertz CT molecular complexity index is 382. The fourth-order valence-corrected chi connectivity index (χ4v) is 1.46. The van der Waals surface area contributed by atoms with Crippen molar-refractivity contribution in [3.8, 4) is 11.8 Å². The van der Waals surface area contributed by atoms with Crippen LogP contribution in [0.3, 0.4) is 0 Å². The van der Waals surface area contributed by atoms with E-state index in [9.17, 15) is 0 Å². The largest absolute Gasteiger partial charge is 0.493 e. The summed E-state index contributed by atoms with van der Waals surface area (Å²) in [5.74, 6) is 1.26. The van der Waals surface area contributed by atoms with E-state index in [0.29, 0.717) is 18.1 Å². The molecule has 1 N–H and O–H groups in total. The van der Waals surface area contributed by atoms with Crippen LogP contribution in [0.25, 0.3) is 0 Å². The van der Waals surface area contributed by atoms with Gasteiger partial charge in [0.25, 0.3) is 0 Å². The molecule has 1 aromatic carbocycles. The SMILES string of the molecule is CNCC(C)COc1cc(C#N)ccc1C. The van der Waals surface area contributed by atoms with Crippen molar-refractivity contribution in [3.05, 3.63) is 29.3 Å². The summed E-state index contributed by atoms with van der Waals surface area (Å²) < 4.78 is 5.70. The molecule has 0 heterocycles. The van der Waals surface area contributed by atoms with Gasteiger partial charge in [-0.15, -0.1) is 0 Å². The molecule has 1 atom stereocenters. The Balaban J connectivity index is 2.63. The number of nitrogens with zero attached hydrogens (tertiary/aromatic N) is 1. The van der Waals surface area contributed by atoms with Crippen molar-refractivity contribution in [1.82, 2.24) is 5.32 Å². The molecule has 0 aliphatic carbocycles. The Hall–Kier alpha value is -1.53. The molecule has 0 aliphatic heterocycles. The van der Waals surface area contributed by atoms with Gasteiger partial charge in [0.1, 0.15) is 5.75 Å². The molecule has 0 bridgehead atoms. The minimum Gasteiger partial charge on any atom is -0.493 e. The smallest absolute Gasteiger partial charge is 0.123 e. The van der Waals surface area contributed by atoms with Crippen LogP contribution < -0.4 is 10.1 Å². The van der Waals surface area contributed by atoms with Gasteiger partial charge in [-0.25, -0.2) is 0 Å². The molecule has 1 aromatic rings. The van der Waals surface area contributed by atoms with Crippen molar-refractivity contribution >= 4 is 0 Å². The van der Waals surface area contributed by atoms with Crippen molar-refractivity contribution in [3.63, 3.8) is 0 Å². The summed E-state index contributed by atoms with van der Waals surface area (Å²) in [7, 11) is 1.93. The van der Waals surface area contributed by atoms with Gasteiger partial charge in [0.2, 0.25) is 0 Å². The molecule has 1 unspecified atom stereocenters. The number of benzene rings is 1. The quantitative estimate of drug-likeness (QED) is 0.823. The van der Waals surface area contributed by atoms with Crippen LogP contribution in [-0.4, -0.2) is 20.2 Å². The van der Waals surface area contributed by atoms with E-state index in [1.54, 1.807) is 12.1 Å². The molecule has 0 aliphatic rings. The Morgan fingerprint density at radius 2 is 2.25 bits per heavy atom. The predicted molar refractivity (Wildman–Crippen MR) is 64.5 cm³/mol. The van der Waals surface area contributed by atoms with Gasteiger partial charge in [-0.2, -0.15) is 5.26 Å². The molecule has 0 amide bonds. The zero-order valence-corrected chi connectivity index (χ0v) is 10.1. The molecule has 0 aromatic heterocycles. The van der Waals surface area contributed by atoms with Gasteiger partial charge in [-0.1, -0.05) is 13.0 Å². The van der Waals surface area contributed by atoms with E-state index in [-0.39, 0.29) is 0 Å². The molecule has 16 heavy (non-hydrogen) atoms. The minimum atomic E-state index is 0.454. The first-order chi connectivity index (χ1) is 7.67. The van der Waals surface area contributed by atoms with Crippen LogP contribution in [0.2, 0.25) is 0 Å². The third-order valence-corrected chi connectivity index (χ3v) is 2.39. The first-order valence-corrected chi connectivity index (χ1v) is 5.45. The second-order valence-corrected chi connectivity index (χ2v) is 4.07. The van der Waals surface area contributed by atoms with Crippen LogP contribution in [0.15, 0.2) is 18.2 Å². The van der Waals surface area contributed by atoms with E-state index < -0.39 is 0 Å². The molecule has 0 fully saturated rings. The minimum absolute atomic E-state index is 0.454. The second kappa shape index (κ2) is 6.14. The molecule has 0 radical (unpaired) electrons. The summed E-state index contributed by atoms with van der Waals surface area (Å²) in [6, 6.07) is 7.63. The zero-order valence-electron chi connectivity index (χ0n) is 10.1. The monoisotopic (exact) mass is 218 g/mol. The number of aryl methyl sites for hydroxylation is 1. The van der Waals surface area contributed by atoms with E-state index >= 15 is 0 Å². The van der Waals surface area contributed by atoms with E-state index in [0.717, 1.165) is 17.9 Å². The Morgan fingerprint density at radius 1 is 1.50 bits per heavy atom. The normalized spacial score (nSPS) is 11.9. The van der Waals surface area contributed by atoms with Crippen LogP contribution in [0.5, 0.6) is 5.75 Å². The van der Waals surface area contributed by atoms with Crippen molar-refractivity contribution in [2.45, 2.75) is 13.8 Å². The fourth-order valence-electron chi connectivity index (χ4n) is 1.46. The average molecular weight is 218 g/mol. The zero-order chi connectivity index (χ0) is 12.0. The molecule has 0 spiro atoms. The van der Waals surface area contributed by atoms with Crippen molar-refractivity contribution < 1.29 is 4.74 Å². The third-order valence-electron chi connectivity index (χ3n) is 2.39. The molecule has 0 saturated carbocycles. The highest BCUT2D eigenvalue weighted by Crippen LogP contribution is 2.19. The maximum absolute atomic E-state index is 8.80. The number of ether oxygens (including phenoxy) is 1. The van der Waals surface area contributed by atoms with Crippen molar-refractivity contribution in [1.29, 1.82) is 5.26 Å². The summed E-state index contributed by atoms with van der Waals surface area (Å²) in [6.07, 6.45) is 0. The van der Waals surface area contributed by atoms with E-state index in [1.165, 1.54) is 0 Å². The molecule has 0 saturated heterocycles. The van der Waals surface area contributed by atoms with Crippen LogP contribution in [-0.2, 0) is 0 Å². The van der Waals surface area contributed by atoms with Crippen molar-refractivity contribution in [2.24, 2.45) is 5.92 Å². The lowest BCUT2D eigenvalue weighted by Gasteiger charge is -2.14. The van der Waals surface area contributed by atoms with Gasteiger partial charge < -0.3 is 10.1 Å². The summed E-state index contributed by atoms with van der Waals surface area (Å²) in [4.78, 5) is 0. The van der Waals surface area contributed by atoms with Gasteiger partial charge in [0.05, 0.1) is 18.2 Å². The Labute approximate surface area is 97.0 Å². The predicted octanol–water partition coefficient (Wildman–Crippen LogP) is 2.10. The second-order valence-electron chi connectivity index (χ2n) is 4.07. The van der Waals surface area contributed by atoms with Gasteiger partial charge in [-0.05, 0) is 31.7 Å². The number of hydrogen-bond donors (Lipinski definition) is 1. The Kier molecular flexibility index (Phi) is 4.81. The number of hydrogen-bond acceptors (Lipinski definition) is 3. The molecule has 3 nitrogen and oxygen atoms in total. The van der Waals surface area contributed by atoms with Crippen LogP contribution in [0, 0.1) is 24.2 Å². The third kappa shape index (κ3) is 3.56. The van der Waals surface area contributed by atoms with Crippen LogP contribution in [0.4, 0.5) is 0 Å². The number of rotatable bonds is 5. The topological polar surface area (TPSA) is 45.0 Å². The van der Waals surface area contributed by atoms with Crippen molar-refractivity contribution in [2.75, 3.05) is 20.2 Å². The highest BCUT2D eigenvalue weighted by molar-refractivity contribution is 5.41. The van der Waals surface area contributed by atoms with E-state index in [4.69, 9.17) is 10.00 Å². The number of nitrogens with one attached hydrogen (secondary N) is 1. The molecular weight excluding hydrogens is 200 g/mol. The lowest BCUT2D eigenvalue weighted by atomic mass is 10.1. The summed E-state index contributed by atoms with van der Waals surface area (Å²) in [5, 5.41) is 11.9.